The summed E-state index contributed by atoms with van der Waals surface area (Å²) in [6.45, 7) is 14.0. The molecule has 1 fully saturated rings. The van der Waals surface area contributed by atoms with E-state index in [2.05, 4.69) is 34.1 Å². The minimum absolute atomic E-state index is 0.0861. The number of hydrogen-bond acceptors (Lipinski definition) is 6. The molecule has 1 aliphatic heterocycles. The minimum Gasteiger partial charge on any atom is -0.478 e. The van der Waals surface area contributed by atoms with Crippen LogP contribution in [0.1, 0.15) is 19.8 Å². The van der Waals surface area contributed by atoms with Gasteiger partial charge in [-0.1, -0.05) is 25.8 Å². The van der Waals surface area contributed by atoms with E-state index in [9.17, 15) is 14.4 Å². The smallest absolute Gasteiger partial charge is 0.331 e. The van der Waals surface area contributed by atoms with Gasteiger partial charge in [0.15, 0.2) is 0 Å². The highest BCUT2D eigenvalue weighted by molar-refractivity contribution is 5.90. The van der Waals surface area contributed by atoms with E-state index in [1.807, 2.05) is 6.20 Å². The van der Waals surface area contributed by atoms with E-state index in [0.717, 1.165) is 12.3 Å². The van der Waals surface area contributed by atoms with E-state index < -0.39 is 11.9 Å². The number of esters is 2. The molecule has 0 aromatic carbocycles. The molecule has 0 spiro atoms. The Hall–Kier alpha value is -2.83. The van der Waals surface area contributed by atoms with Gasteiger partial charge in [0.05, 0.1) is 6.26 Å². The van der Waals surface area contributed by atoms with E-state index in [1.165, 1.54) is 38.9 Å². The van der Waals surface area contributed by atoms with Crippen molar-refractivity contribution in [3.05, 3.63) is 50.4 Å². The van der Waals surface area contributed by atoms with Crippen LogP contribution in [0.15, 0.2) is 50.4 Å². The maximum atomic E-state index is 10.5. The minimum atomic E-state index is -1.18. The third-order valence-electron chi connectivity index (χ3n) is 2.35. The molecule has 1 N–H and O–H groups in total. The number of likely N-dealkylation sites (tertiary alicyclic amines) is 1. The lowest BCUT2D eigenvalue weighted by Gasteiger charge is -2.07. The van der Waals surface area contributed by atoms with Gasteiger partial charge in [-0.25, -0.2) is 9.59 Å². The maximum Gasteiger partial charge on any atom is 0.331 e. The molecule has 0 unspecified atom stereocenters. The number of nitrogens with zero attached hydrogens (tertiary/aromatic N) is 1. The number of hydrogen-bond donors (Lipinski definition) is 1. The molecule has 24 heavy (non-hydrogen) atoms. The van der Waals surface area contributed by atoms with E-state index in [0.29, 0.717) is 6.08 Å². The third kappa shape index (κ3) is 19.2. The topological polar surface area (TPSA) is 93.1 Å². The Balaban J connectivity index is 0. The summed E-state index contributed by atoms with van der Waals surface area (Å²) in [5.74, 6) is -2.20. The first-order chi connectivity index (χ1) is 11.4. The average molecular weight is 339 g/mol. The lowest BCUT2D eigenvalue weighted by Crippen LogP contribution is -2.08. The first-order valence-electron chi connectivity index (χ1n) is 7.20. The molecule has 1 rings (SSSR count). The number of carbonyl (C=O) groups is 3. The molecule has 1 aliphatic rings. The highest BCUT2D eigenvalue weighted by Gasteiger charge is 2.04. The van der Waals surface area contributed by atoms with Gasteiger partial charge in [-0.05, 0) is 19.0 Å². The van der Waals surface area contributed by atoms with Gasteiger partial charge in [-0.15, -0.1) is 0 Å². The highest BCUT2D eigenvalue weighted by atomic mass is 16.5. The predicted molar refractivity (Wildman–Crippen MR) is 90.9 cm³/mol. The Morgan fingerprint density at radius 2 is 1.71 bits per heavy atom. The zero-order valence-corrected chi connectivity index (χ0v) is 14.0. The largest absolute Gasteiger partial charge is 0.478 e. The fourth-order valence-corrected chi connectivity index (χ4v) is 1.37. The van der Waals surface area contributed by atoms with Gasteiger partial charge in [0.25, 0.3) is 0 Å². The van der Waals surface area contributed by atoms with Crippen LogP contribution in [0.2, 0.25) is 0 Å². The second kappa shape index (κ2) is 16.5. The first-order valence-corrected chi connectivity index (χ1v) is 7.20. The van der Waals surface area contributed by atoms with Crippen LogP contribution in [0.3, 0.4) is 0 Å². The second-order valence-corrected chi connectivity index (χ2v) is 4.29. The maximum absolute atomic E-state index is 10.5. The van der Waals surface area contributed by atoms with Crippen molar-refractivity contribution in [3.8, 4) is 0 Å². The Morgan fingerprint density at radius 3 is 2.00 bits per heavy atom. The van der Waals surface area contributed by atoms with Crippen LogP contribution in [0.4, 0.5) is 0 Å². The Kier molecular flexibility index (Phi) is 16.2. The SMILES string of the molecule is C=CCOC(=O)C=CC(=O)O.C=CN1CCCC1.C=COC(C)=O. The van der Waals surface area contributed by atoms with Crippen molar-refractivity contribution < 1.29 is 29.0 Å². The first kappa shape index (κ1) is 23.4. The standard InChI is InChI=1S/C7H8O4.C6H11N.C4H6O2/c1-2-5-11-7(10)4-3-6(8)9;1-2-7-5-3-4-6-7;1-3-6-4(2)5/h2-4H,1,5H2,(H,8,9);2H,1,3-6H2;3H,1H2,2H3. The van der Waals surface area contributed by atoms with Gasteiger partial charge < -0.3 is 19.5 Å². The number of rotatable bonds is 6. The normalized spacial score (nSPS) is 12.0. The van der Waals surface area contributed by atoms with Crippen LogP contribution in [0.25, 0.3) is 0 Å². The molecular weight excluding hydrogens is 314 g/mol. The van der Waals surface area contributed by atoms with Crippen molar-refractivity contribution in [2.75, 3.05) is 19.7 Å². The van der Waals surface area contributed by atoms with Crippen LogP contribution >= 0.6 is 0 Å². The molecule has 134 valence electrons. The predicted octanol–water partition coefficient (Wildman–Crippen LogP) is 2.28. The van der Waals surface area contributed by atoms with Crippen LogP contribution in [0.5, 0.6) is 0 Å². The van der Waals surface area contributed by atoms with E-state index in [-0.39, 0.29) is 12.6 Å². The van der Waals surface area contributed by atoms with Crippen LogP contribution < -0.4 is 0 Å². The summed E-state index contributed by atoms with van der Waals surface area (Å²) in [5.41, 5.74) is 0. The molecule has 0 amide bonds. The van der Waals surface area contributed by atoms with Crippen molar-refractivity contribution in [2.24, 2.45) is 0 Å². The van der Waals surface area contributed by atoms with E-state index in [4.69, 9.17) is 5.11 Å². The van der Waals surface area contributed by atoms with Crippen molar-refractivity contribution in [1.82, 2.24) is 4.90 Å². The molecule has 1 heterocycles. The van der Waals surface area contributed by atoms with Gasteiger partial charge in [-0.2, -0.15) is 0 Å². The molecule has 0 aliphatic carbocycles. The quantitative estimate of drug-likeness (QED) is 0.343. The molecular formula is C17H25NO6. The number of carboxylic acid groups (broad SMARTS) is 1. The summed E-state index contributed by atoms with van der Waals surface area (Å²) in [4.78, 5) is 32.3. The van der Waals surface area contributed by atoms with Crippen molar-refractivity contribution >= 4 is 17.9 Å². The van der Waals surface area contributed by atoms with Gasteiger partial charge in [-0.3, -0.25) is 4.79 Å². The molecule has 0 radical (unpaired) electrons. The van der Waals surface area contributed by atoms with Gasteiger partial charge in [0, 0.05) is 32.2 Å². The summed E-state index contributed by atoms with van der Waals surface area (Å²) in [5, 5.41) is 8.07. The third-order valence-corrected chi connectivity index (χ3v) is 2.35. The van der Waals surface area contributed by atoms with Gasteiger partial charge in [0.2, 0.25) is 0 Å². The summed E-state index contributed by atoms with van der Waals surface area (Å²) < 4.78 is 8.60. The van der Waals surface area contributed by atoms with Crippen LogP contribution in [-0.2, 0) is 23.9 Å². The van der Waals surface area contributed by atoms with Crippen molar-refractivity contribution in [1.29, 1.82) is 0 Å². The summed E-state index contributed by atoms with van der Waals surface area (Å²) in [7, 11) is 0. The van der Waals surface area contributed by atoms with Crippen molar-refractivity contribution in [3.63, 3.8) is 0 Å². The molecule has 0 aromatic rings. The lowest BCUT2D eigenvalue weighted by atomic mass is 10.4. The zero-order valence-electron chi connectivity index (χ0n) is 14.0. The monoisotopic (exact) mass is 339 g/mol. The van der Waals surface area contributed by atoms with Crippen molar-refractivity contribution in [2.45, 2.75) is 19.8 Å². The number of aliphatic carboxylic acids is 1. The summed E-state index contributed by atoms with van der Waals surface area (Å²) in [6, 6.07) is 0. The molecule has 0 aromatic heterocycles. The number of ether oxygens (including phenoxy) is 2. The Morgan fingerprint density at radius 1 is 1.12 bits per heavy atom. The molecule has 1 saturated heterocycles. The summed E-state index contributed by atoms with van der Waals surface area (Å²) in [6.07, 6.45) is 8.68. The molecule has 0 saturated carbocycles. The van der Waals surface area contributed by atoms with Gasteiger partial charge in [0.1, 0.15) is 6.61 Å². The molecule has 0 bridgehead atoms. The molecule has 7 nitrogen and oxygen atoms in total. The molecule has 0 atom stereocenters. The fourth-order valence-electron chi connectivity index (χ4n) is 1.37. The zero-order chi connectivity index (χ0) is 18.8. The second-order valence-electron chi connectivity index (χ2n) is 4.29. The lowest BCUT2D eigenvalue weighted by molar-refractivity contribution is -0.137. The fraction of sp³-hybridized carbons (Fsp3) is 0.353. The molecule has 7 heteroatoms. The van der Waals surface area contributed by atoms with Crippen LogP contribution in [0, 0.1) is 0 Å². The van der Waals surface area contributed by atoms with E-state index >= 15 is 0 Å². The highest BCUT2D eigenvalue weighted by Crippen LogP contribution is 2.05. The van der Waals surface area contributed by atoms with Gasteiger partial charge >= 0.3 is 17.9 Å². The van der Waals surface area contributed by atoms with Crippen LogP contribution in [-0.4, -0.2) is 47.6 Å². The Labute approximate surface area is 142 Å². The summed E-state index contributed by atoms with van der Waals surface area (Å²) >= 11 is 0. The Bertz CT molecular complexity index is 450. The average Bonchev–Trinajstić information content (AvgIpc) is 3.05. The van der Waals surface area contributed by atoms with E-state index in [1.54, 1.807) is 0 Å². The number of carbonyl (C=O) groups excluding carboxylic acids is 2. The number of carboxylic acids is 1.